The van der Waals surface area contributed by atoms with Crippen molar-refractivity contribution in [2.45, 2.75) is 44.6 Å². The lowest BCUT2D eigenvalue weighted by Gasteiger charge is -2.35. The first-order valence-electron chi connectivity index (χ1n) is 14.7. The molecule has 0 aliphatic carbocycles. The van der Waals surface area contributed by atoms with Crippen LogP contribution in [-0.2, 0) is 0 Å². The molecule has 5 heteroatoms. The van der Waals surface area contributed by atoms with Crippen molar-refractivity contribution in [1.29, 1.82) is 0 Å². The van der Waals surface area contributed by atoms with E-state index in [0.29, 0.717) is 23.8 Å². The van der Waals surface area contributed by atoms with E-state index in [1.807, 2.05) is 24.3 Å². The average Bonchev–Trinajstić information content (AvgIpc) is 2.99. The Bertz CT molecular complexity index is 1110. The second kappa shape index (κ2) is 13.8. The first kappa shape index (κ1) is 27.4. The number of piperidine rings is 2. The molecule has 2 aliphatic heterocycles. The van der Waals surface area contributed by atoms with Crippen molar-refractivity contribution >= 4 is 5.91 Å². The number of hydrogen-bond donors (Lipinski definition) is 1. The molecule has 3 aromatic rings. The molecule has 1 N–H and O–H groups in total. The fraction of sp³-hybridized carbons (Fsp3) is 0.441. The van der Waals surface area contributed by atoms with Gasteiger partial charge >= 0.3 is 0 Å². The lowest BCUT2D eigenvalue weighted by atomic mass is 9.90. The first-order chi connectivity index (χ1) is 19.2. The van der Waals surface area contributed by atoms with E-state index >= 15 is 0 Å². The second-order valence-corrected chi connectivity index (χ2v) is 11.3. The van der Waals surface area contributed by atoms with Crippen molar-refractivity contribution in [3.8, 4) is 5.75 Å². The number of hydrogen-bond acceptors (Lipinski definition) is 4. The maximum atomic E-state index is 13.0. The predicted octanol–water partition coefficient (Wildman–Crippen LogP) is 5.82. The summed E-state index contributed by atoms with van der Waals surface area (Å²) in [6.07, 6.45) is 4.54. The van der Waals surface area contributed by atoms with Gasteiger partial charge in [0, 0.05) is 38.6 Å². The van der Waals surface area contributed by atoms with Crippen LogP contribution in [0, 0.1) is 5.92 Å². The van der Waals surface area contributed by atoms with Crippen LogP contribution in [0.3, 0.4) is 0 Å². The molecule has 2 heterocycles. The molecule has 0 atom stereocenters. The Balaban J connectivity index is 1.13. The van der Waals surface area contributed by atoms with Gasteiger partial charge in [-0.15, -0.1) is 0 Å². The van der Waals surface area contributed by atoms with Crippen molar-refractivity contribution in [2.24, 2.45) is 5.92 Å². The molecule has 5 rings (SSSR count). The molecule has 0 saturated carbocycles. The van der Waals surface area contributed by atoms with Crippen LogP contribution in [0.2, 0.25) is 0 Å². The Morgan fingerprint density at radius 2 is 1.36 bits per heavy atom. The van der Waals surface area contributed by atoms with Crippen LogP contribution in [0.4, 0.5) is 0 Å². The van der Waals surface area contributed by atoms with Crippen molar-refractivity contribution in [3.63, 3.8) is 0 Å². The van der Waals surface area contributed by atoms with Gasteiger partial charge < -0.3 is 19.9 Å². The van der Waals surface area contributed by atoms with Crippen LogP contribution < -0.4 is 10.1 Å². The smallest absolute Gasteiger partial charge is 0.255 e. The zero-order valence-corrected chi connectivity index (χ0v) is 23.3. The highest BCUT2D eigenvalue weighted by molar-refractivity contribution is 5.96. The van der Waals surface area contributed by atoms with Gasteiger partial charge in [0.25, 0.3) is 5.91 Å². The van der Waals surface area contributed by atoms with E-state index in [0.717, 1.165) is 58.0 Å². The molecule has 2 fully saturated rings. The number of benzene rings is 3. The Morgan fingerprint density at radius 1 is 0.795 bits per heavy atom. The number of likely N-dealkylation sites (tertiary alicyclic amines) is 2. The summed E-state index contributed by atoms with van der Waals surface area (Å²) in [4.78, 5) is 18.0. The summed E-state index contributed by atoms with van der Waals surface area (Å²) in [6, 6.07) is 29.4. The summed E-state index contributed by atoms with van der Waals surface area (Å²) in [7, 11) is 0. The Kier molecular flexibility index (Phi) is 9.68. The van der Waals surface area contributed by atoms with Gasteiger partial charge in [-0.2, -0.15) is 0 Å². The van der Waals surface area contributed by atoms with E-state index in [2.05, 4.69) is 82.7 Å². The minimum Gasteiger partial charge on any atom is -0.489 e. The molecule has 0 radical (unpaired) electrons. The summed E-state index contributed by atoms with van der Waals surface area (Å²) in [5.74, 6) is 1.83. The SMILES string of the molecule is CC1CCN(CCNC(=O)c2ccccc2OC2CCN(CC(c3ccccc3)c3ccccc3)CC2)CC1. The minimum atomic E-state index is -0.0398. The maximum Gasteiger partial charge on any atom is 0.255 e. The van der Waals surface area contributed by atoms with Gasteiger partial charge in [0.1, 0.15) is 11.9 Å². The summed E-state index contributed by atoms with van der Waals surface area (Å²) in [5, 5.41) is 3.13. The van der Waals surface area contributed by atoms with Crippen molar-refractivity contribution in [1.82, 2.24) is 15.1 Å². The number of nitrogens with one attached hydrogen (secondary N) is 1. The van der Waals surface area contributed by atoms with Crippen LogP contribution in [0.25, 0.3) is 0 Å². The quantitative estimate of drug-likeness (QED) is 0.362. The lowest BCUT2D eigenvalue weighted by Crippen LogP contribution is -2.41. The minimum absolute atomic E-state index is 0.0398. The van der Waals surface area contributed by atoms with Gasteiger partial charge in [-0.1, -0.05) is 79.7 Å². The standard InChI is InChI=1S/C34H43N3O2/c1-27-16-21-36(22-17-27)25-20-35-34(38)31-14-8-9-15-33(31)39-30-18-23-37(24-19-30)26-32(28-10-4-2-5-11-28)29-12-6-3-7-13-29/h2-15,27,30,32H,16-26H2,1H3,(H,35,38). The van der Waals surface area contributed by atoms with Gasteiger partial charge in [-0.25, -0.2) is 0 Å². The monoisotopic (exact) mass is 525 g/mol. The summed E-state index contributed by atoms with van der Waals surface area (Å²) < 4.78 is 6.44. The van der Waals surface area contributed by atoms with Gasteiger partial charge in [-0.05, 0) is 68.0 Å². The number of carbonyl (C=O) groups excluding carboxylic acids is 1. The molecule has 39 heavy (non-hydrogen) atoms. The number of carbonyl (C=O) groups is 1. The van der Waals surface area contributed by atoms with Crippen LogP contribution in [0.5, 0.6) is 5.75 Å². The predicted molar refractivity (Wildman–Crippen MR) is 158 cm³/mol. The highest BCUT2D eigenvalue weighted by Gasteiger charge is 2.25. The first-order valence-corrected chi connectivity index (χ1v) is 14.7. The average molecular weight is 526 g/mol. The van der Waals surface area contributed by atoms with Crippen LogP contribution in [-0.4, -0.2) is 67.6 Å². The Morgan fingerprint density at radius 3 is 2.00 bits per heavy atom. The zero-order valence-electron chi connectivity index (χ0n) is 23.3. The number of rotatable bonds is 10. The van der Waals surface area contributed by atoms with Gasteiger partial charge in [-0.3, -0.25) is 4.79 Å². The summed E-state index contributed by atoms with van der Waals surface area (Å²) >= 11 is 0. The number of amides is 1. The Hall–Kier alpha value is -3.15. The van der Waals surface area contributed by atoms with Crippen LogP contribution >= 0.6 is 0 Å². The van der Waals surface area contributed by atoms with E-state index < -0.39 is 0 Å². The summed E-state index contributed by atoms with van der Waals surface area (Å²) in [6.45, 7) is 9.14. The number of ether oxygens (including phenoxy) is 1. The molecule has 3 aromatic carbocycles. The van der Waals surface area contributed by atoms with Crippen molar-refractivity contribution in [2.75, 3.05) is 45.8 Å². The van der Waals surface area contributed by atoms with E-state index in [9.17, 15) is 4.79 Å². The molecule has 0 unspecified atom stereocenters. The zero-order chi connectivity index (χ0) is 26.9. The fourth-order valence-electron chi connectivity index (χ4n) is 5.89. The van der Waals surface area contributed by atoms with E-state index in [1.165, 1.54) is 24.0 Å². The molecule has 2 saturated heterocycles. The highest BCUT2D eigenvalue weighted by atomic mass is 16.5. The molecule has 2 aliphatic rings. The lowest BCUT2D eigenvalue weighted by molar-refractivity contribution is 0.0894. The molecule has 0 aromatic heterocycles. The third kappa shape index (κ3) is 7.71. The van der Waals surface area contributed by atoms with Gasteiger partial charge in [0.05, 0.1) is 5.56 Å². The maximum absolute atomic E-state index is 13.0. The third-order valence-electron chi connectivity index (χ3n) is 8.39. The normalized spacial score (nSPS) is 17.8. The van der Waals surface area contributed by atoms with Crippen molar-refractivity contribution < 1.29 is 9.53 Å². The molecular weight excluding hydrogens is 482 g/mol. The van der Waals surface area contributed by atoms with Gasteiger partial charge in [0.15, 0.2) is 0 Å². The van der Waals surface area contributed by atoms with E-state index in [1.54, 1.807) is 0 Å². The molecular formula is C34H43N3O2. The molecule has 206 valence electrons. The molecule has 0 spiro atoms. The second-order valence-electron chi connectivity index (χ2n) is 11.3. The molecule has 0 bridgehead atoms. The third-order valence-corrected chi connectivity index (χ3v) is 8.39. The highest BCUT2D eigenvalue weighted by Crippen LogP contribution is 2.28. The van der Waals surface area contributed by atoms with Gasteiger partial charge in [0.2, 0.25) is 0 Å². The van der Waals surface area contributed by atoms with Crippen LogP contribution in [0.15, 0.2) is 84.9 Å². The topological polar surface area (TPSA) is 44.8 Å². The largest absolute Gasteiger partial charge is 0.489 e. The number of para-hydroxylation sites is 1. The molecule has 1 amide bonds. The number of nitrogens with zero attached hydrogens (tertiary/aromatic N) is 2. The Labute approximate surface area is 234 Å². The van der Waals surface area contributed by atoms with E-state index in [4.69, 9.17) is 4.74 Å². The summed E-state index contributed by atoms with van der Waals surface area (Å²) in [5.41, 5.74) is 3.36. The van der Waals surface area contributed by atoms with E-state index in [-0.39, 0.29) is 12.0 Å². The fourth-order valence-corrected chi connectivity index (χ4v) is 5.89. The van der Waals surface area contributed by atoms with Crippen LogP contribution in [0.1, 0.15) is 60.0 Å². The van der Waals surface area contributed by atoms with Crippen molar-refractivity contribution in [3.05, 3.63) is 102 Å². The molecule has 5 nitrogen and oxygen atoms in total.